The summed E-state index contributed by atoms with van der Waals surface area (Å²) in [7, 11) is 0. The Kier molecular flexibility index (Phi) is 5.13. The molecule has 6 heteroatoms. The SMILES string of the molecule is O=C(NC[C@H]1CCCO1)N(Cc1ccoc1)Cc1cccs1. The molecule has 2 amide bonds. The maximum atomic E-state index is 12.5. The minimum Gasteiger partial charge on any atom is -0.472 e. The van der Waals surface area contributed by atoms with Crippen molar-refractivity contribution >= 4 is 17.4 Å². The summed E-state index contributed by atoms with van der Waals surface area (Å²) in [6, 6.07) is 5.86. The molecule has 1 atom stereocenters. The molecule has 1 fully saturated rings. The molecule has 1 N–H and O–H groups in total. The molecule has 1 saturated heterocycles. The Hall–Kier alpha value is -1.79. The second-order valence-electron chi connectivity index (χ2n) is 5.39. The first-order valence-corrected chi connectivity index (χ1v) is 8.37. The van der Waals surface area contributed by atoms with Crippen LogP contribution in [0.5, 0.6) is 0 Å². The van der Waals surface area contributed by atoms with Gasteiger partial charge in [-0.15, -0.1) is 11.3 Å². The molecule has 0 aliphatic carbocycles. The van der Waals surface area contributed by atoms with Gasteiger partial charge in [-0.2, -0.15) is 0 Å². The lowest BCUT2D eigenvalue weighted by Gasteiger charge is -2.23. The number of nitrogens with zero attached hydrogens (tertiary/aromatic N) is 1. The van der Waals surface area contributed by atoms with Gasteiger partial charge in [0.25, 0.3) is 0 Å². The highest BCUT2D eigenvalue weighted by Gasteiger charge is 2.19. The van der Waals surface area contributed by atoms with E-state index in [-0.39, 0.29) is 12.1 Å². The largest absolute Gasteiger partial charge is 0.472 e. The Morgan fingerprint density at radius 2 is 2.36 bits per heavy atom. The van der Waals surface area contributed by atoms with Crippen molar-refractivity contribution in [1.29, 1.82) is 0 Å². The number of ether oxygens (including phenoxy) is 1. The second kappa shape index (κ2) is 7.47. The van der Waals surface area contributed by atoms with Gasteiger partial charge in [-0.3, -0.25) is 0 Å². The van der Waals surface area contributed by atoms with Crippen LogP contribution in [0.3, 0.4) is 0 Å². The fourth-order valence-electron chi connectivity index (χ4n) is 2.51. The topological polar surface area (TPSA) is 54.7 Å². The summed E-state index contributed by atoms with van der Waals surface area (Å²) >= 11 is 1.65. The van der Waals surface area contributed by atoms with E-state index in [1.165, 1.54) is 0 Å². The Bertz CT molecular complexity index is 526. The molecule has 0 saturated carbocycles. The Labute approximate surface area is 133 Å². The minimum absolute atomic E-state index is 0.0647. The lowest BCUT2D eigenvalue weighted by atomic mass is 10.2. The highest BCUT2D eigenvalue weighted by atomic mass is 32.1. The van der Waals surface area contributed by atoms with Crippen LogP contribution < -0.4 is 5.32 Å². The number of furan rings is 1. The van der Waals surface area contributed by atoms with Crippen LogP contribution in [0, 0.1) is 0 Å². The highest BCUT2D eigenvalue weighted by molar-refractivity contribution is 7.09. The van der Waals surface area contributed by atoms with E-state index in [9.17, 15) is 4.79 Å². The third kappa shape index (κ3) is 4.11. The lowest BCUT2D eigenvalue weighted by Crippen LogP contribution is -2.42. The number of nitrogens with one attached hydrogen (secondary N) is 1. The number of rotatable bonds is 6. The van der Waals surface area contributed by atoms with Crippen molar-refractivity contribution in [2.45, 2.75) is 32.0 Å². The number of urea groups is 1. The fourth-order valence-corrected chi connectivity index (χ4v) is 3.23. The summed E-state index contributed by atoms with van der Waals surface area (Å²) in [5.74, 6) is 0. The number of hydrogen-bond donors (Lipinski definition) is 1. The zero-order valence-corrected chi connectivity index (χ0v) is 13.2. The number of carbonyl (C=O) groups excluding carboxylic acids is 1. The van der Waals surface area contributed by atoms with Crippen LogP contribution in [-0.2, 0) is 17.8 Å². The zero-order valence-electron chi connectivity index (χ0n) is 12.4. The summed E-state index contributed by atoms with van der Waals surface area (Å²) in [5.41, 5.74) is 0.990. The number of amides is 2. The van der Waals surface area contributed by atoms with Gasteiger partial charge in [-0.1, -0.05) is 6.07 Å². The van der Waals surface area contributed by atoms with Gasteiger partial charge in [0.05, 0.1) is 31.7 Å². The van der Waals surface area contributed by atoms with Crippen LogP contribution in [0.2, 0.25) is 0 Å². The molecule has 2 aromatic heterocycles. The molecule has 1 aliphatic heterocycles. The molecule has 1 aliphatic rings. The van der Waals surface area contributed by atoms with Crippen LogP contribution in [-0.4, -0.2) is 30.2 Å². The Balaban J connectivity index is 1.59. The summed E-state index contributed by atoms with van der Waals surface area (Å²) in [6.45, 7) is 2.51. The average molecular weight is 320 g/mol. The Morgan fingerprint density at radius 1 is 1.41 bits per heavy atom. The maximum Gasteiger partial charge on any atom is 0.318 e. The van der Waals surface area contributed by atoms with Crippen molar-refractivity contribution in [3.63, 3.8) is 0 Å². The van der Waals surface area contributed by atoms with Crippen LogP contribution in [0.15, 0.2) is 40.5 Å². The summed E-state index contributed by atoms with van der Waals surface area (Å²) in [4.78, 5) is 15.4. The first kappa shape index (κ1) is 15.1. The third-order valence-corrected chi connectivity index (χ3v) is 4.53. The molecule has 5 nitrogen and oxygen atoms in total. The fraction of sp³-hybridized carbons (Fsp3) is 0.438. The van der Waals surface area contributed by atoms with E-state index in [4.69, 9.17) is 9.15 Å². The van der Waals surface area contributed by atoms with Crippen molar-refractivity contribution in [2.24, 2.45) is 0 Å². The van der Waals surface area contributed by atoms with Gasteiger partial charge in [-0.25, -0.2) is 4.79 Å². The van der Waals surface area contributed by atoms with Gasteiger partial charge in [0.2, 0.25) is 0 Å². The predicted octanol–water partition coefficient (Wildman–Crippen LogP) is 3.23. The molecule has 0 spiro atoms. The number of carbonyl (C=O) groups is 1. The molecule has 3 heterocycles. The minimum atomic E-state index is -0.0647. The molecule has 3 rings (SSSR count). The first-order chi connectivity index (χ1) is 10.8. The molecular weight excluding hydrogens is 300 g/mol. The summed E-state index contributed by atoms with van der Waals surface area (Å²) < 4.78 is 10.6. The molecule has 0 bridgehead atoms. The highest BCUT2D eigenvalue weighted by Crippen LogP contribution is 2.15. The van der Waals surface area contributed by atoms with E-state index >= 15 is 0 Å². The maximum absolute atomic E-state index is 12.5. The molecular formula is C16H20N2O3S. The smallest absolute Gasteiger partial charge is 0.318 e. The molecule has 0 unspecified atom stereocenters. The monoisotopic (exact) mass is 320 g/mol. The van der Waals surface area contributed by atoms with Crippen LogP contribution in [0.25, 0.3) is 0 Å². The standard InChI is InChI=1S/C16H20N2O3S/c19-16(17-9-14-3-1-6-21-14)18(10-13-5-7-20-12-13)11-15-4-2-8-22-15/h2,4-5,7-8,12,14H,1,3,6,9-11H2,(H,17,19)/t14-/m1/s1. The summed E-state index contributed by atoms with van der Waals surface area (Å²) in [6.07, 6.45) is 5.56. The molecule has 0 radical (unpaired) electrons. The van der Waals surface area contributed by atoms with Crippen LogP contribution >= 0.6 is 11.3 Å². The van der Waals surface area contributed by atoms with Gasteiger partial charge >= 0.3 is 6.03 Å². The van der Waals surface area contributed by atoms with Gasteiger partial charge < -0.3 is 19.4 Å². The Morgan fingerprint density at radius 3 is 3.05 bits per heavy atom. The van der Waals surface area contributed by atoms with E-state index in [0.717, 1.165) is 29.9 Å². The first-order valence-electron chi connectivity index (χ1n) is 7.49. The van der Waals surface area contributed by atoms with Gasteiger partial charge in [0.15, 0.2) is 0 Å². The van der Waals surface area contributed by atoms with Crippen molar-refractivity contribution in [3.05, 3.63) is 46.5 Å². The lowest BCUT2D eigenvalue weighted by molar-refractivity contribution is 0.108. The number of thiophene rings is 1. The number of hydrogen-bond acceptors (Lipinski definition) is 4. The van der Waals surface area contributed by atoms with Gasteiger partial charge in [0.1, 0.15) is 0 Å². The van der Waals surface area contributed by atoms with Gasteiger partial charge in [-0.05, 0) is 30.4 Å². The van der Waals surface area contributed by atoms with E-state index in [2.05, 4.69) is 5.32 Å². The van der Waals surface area contributed by atoms with Crippen molar-refractivity contribution < 1.29 is 13.9 Å². The van der Waals surface area contributed by atoms with E-state index < -0.39 is 0 Å². The average Bonchev–Trinajstić information content (AvgIpc) is 3.27. The quantitative estimate of drug-likeness (QED) is 0.889. The summed E-state index contributed by atoms with van der Waals surface area (Å²) in [5, 5.41) is 5.01. The molecule has 2 aromatic rings. The van der Waals surface area contributed by atoms with E-state index in [0.29, 0.717) is 19.6 Å². The predicted molar refractivity (Wildman–Crippen MR) is 84.6 cm³/mol. The van der Waals surface area contributed by atoms with E-state index in [1.54, 1.807) is 28.8 Å². The molecule has 118 valence electrons. The van der Waals surface area contributed by atoms with Crippen LogP contribution in [0.4, 0.5) is 4.79 Å². The van der Waals surface area contributed by atoms with Crippen molar-refractivity contribution in [2.75, 3.05) is 13.2 Å². The second-order valence-corrected chi connectivity index (χ2v) is 6.42. The van der Waals surface area contributed by atoms with Crippen LogP contribution in [0.1, 0.15) is 23.3 Å². The zero-order chi connectivity index (χ0) is 15.2. The molecule has 0 aromatic carbocycles. The third-order valence-electron chi connectivity index (χ3n) is 3.67. The van der Waals surface area contributed by atoms with Crippen molar-refractivity contribution in [1.82, 2.24) is 10.2 Å². The van der Waals surface area contributed by atoms with E-state index in [1.807, 2.05) is 23.6 Å². The van der Waals surface area contributed by atoms with Gasteiger partial charge in [0, 0.05) is 23.6 Å². The normalized spacial score (nSPS) is 17.5. The van der Waals surface area contributed by atoms with Crippen molar-refractivity contribution in [3.8, 4) is 0 Å². The molecule has 22 heavy (non-hydrogen) atoms.